The molecule has 1 aliphatic heterocycles. The molecule has 0 aromatic rings. The quantitative estimate of drug-likeness (QED) is 0.751. The molecule has 1 N–H and O–H groups in total. The Morgan fingerprint density at radius 2 is 1.83 bits per heavy atom. The Hall–Kier alpha value is -0.120. The summed E-state index contributed by atoms with van der Waals surface area (Å²) in [6.45, 7) is 13.0. The second-order valence-corrected chi connectivity index (χ2v) is 6.71. The molecule has 3 nitrogen and oxygen atoms in total. The van der Waals surface area contributed by atoms with E-state index in [-0.39, 0.29) is 0 Å². The molecule has 1 fully saturated rings. The summed E-state index contributed by atoms with van der Waals surface area (Å²) in [5.74, 6) is 0.913. The maximum Gasteiger partial charge on any atom is 0.0123 e. The first-order valence-corrected chi connectivity index (χ1v) is 7.55. The first kappa shape index (κ1) is 15.9. The van der Waals surface area contributed by atoms with E-state index < -0.39 is 0 Å². The lowest BCUT2D eigenvalue weighted by Crippen LogP contribution is -2.45. The molecule has 1 heterocycles. The largest absolute Gasteiger partial charge is 0.311 e. The summed E-state index contributed by atoms with van der Waals surface area (Å²) in [7, 11) is 4.37. The van der Waals surface area contributed by atoms with Gasteiger partial charge in [-0.1, -0.05) is 6.92 Å². The predicted octanol–water partition coefficient (Wildman–Crippen LogP) is 2.04. The number of rotatable bonds is 7. The summed E-state index contributed by atoms with van der Waals surface area (Å²) in [6.07, 6.45) is 3.93. The SMILES string of the molecule is CCC(C)(C)NCCN1CCC(CN(C)C)CC1. The van der Waals surface area contributed by atoms with E-state index >= 15 is 0 Å². The minimum atomic E-state index is 0.295. The Morgan fingerprint density at radius 3 is 2.33 bits per heavy atom. The standard InChI is InChI=1S/C15H33N3/c1-6-15(2,3)16-9-12-18-10-7-14(8-11-18)13-17(4)5/h14,16H,6-13H2,1-5H3. The van der Waals surface area contributed by atoms with Gasteiger partial charge >= 0.3 is 0 Å². The Balaban J connectivity index is 2.12. The van der Waals surface area contributed by atoms with Crippen LogP contribution in [0.3, 0.4) is 0 Å². The molecule has 3 heteroatoms. The van der Waals surface area contributed by atoms with Crippen molar-refractivity contribution in [3.63, 3.8) is 0 Å². The third-order valence-electron chi connectivity index (χ3n) is 4.25. The van der Waals surface area contributed by atoms with Crippen LogP contribution in [-0.4, -0.2) is 62.2 Å². The molecule has 0 radical (unpaired) electrons. The molecule has 1 rings (SSSR count). The highest BCUT2D eigenvalue weighted by molar-refractivity contribution is 4.78. The van der Waals surface area contributed by atoms with E-state index in [1.54, 1.807) is 0 Å². The van der Waals surface area contributed by atoms with Crippen molar-refractivity contribution in [1.29, 1.82) is 0 Å². The second kappa shape index (κ2) is 7.46. The van der Waals surface area contributed by atoms with Gasteiger partial charge < -0.3 is 15.1 Å². The number of nitrogens with one attached hydrogen (secondary N) is 1. The van der Waals surface area contributed by atoms with Crippen molar-refractivity contribution in [3.8, 4) is 0 Å². The molecule has 0 atom stereocenters. The smallest absolute Gasteiger partial charge is 0.0123 e. The Morgan fingerprint density at radius 1 is 1.22 bits per heavy atom. The van der Waals surface area contributed by atoms with Gasteiger partial charge in [0.2, 0.25) is 0 Å². The molecular weight excluding hydrogens is 222 g/mol. The second-order valence-electron chi connectivity index (χ2n) is 6.71. The molecule has 0 aliphatic carbocycles. The van der Waals surface area contributed by atoms with Gasteiger partial charge in [0.15, 0.2) is 0 Å². The van der Waals surface area contributed by atoms with E-state index in [9.17, 15) is 0 Å². The normalized spacial score (nSPS) is 19.7. The highest BCUT2D eigenvalue weighted by atomic mass is 15.2. The average Bonchev–Trinajstić information content (AvgIpc) is 2.30. The van der Waals surface area contributed by atoms with Gasteiger partial charge in [-0.2, -0.15) is 0 Å². The van der Waals surface area contributed by atoms with Crippen molar-refractivity contribution in [2.45, 2.75) is 45.6 Å². The van der Waals surface area contributed by atoms with Crippen LogP contribution in [0.4, 0.5) is 0 Å². The average molecular weight is 255 g/mol. The van der Waals surface area contributed by atoms with Crippen LogP contribution in [0.1, 0.15) is 40.0 Å². The summed E-state index contributed by atoms with van der Waals surface area (Å²) < 4.78 is 0. The van der Waals surface area contributed by atoms with Crippen molar-refractivity contribution in [2.24, 2.45) is 5.92 Å². The summed E-state index contributed by atoms with van der Waals surface area (Å²) in [6, 6.07) is 0. The van der Waals surface area contributed by atoms with E-state index in [0.717, 1.165) is 12.5 Å². The summed E-state index contributed by atoms with van der Waals surface area (Å²) >= 11 is 0. The van der Waals surface area contributed by atoms with Gasteiger partial charge in [-0.15, -0.1) is 0 Å². The summed E-state index contributed by atoms with van der Waals surface area (Å²) in [4.78, 5) is 4.94. The van der Waals surface area contributed by atoms with Crippen LogP contribution in [-0.2, 0) is 0 Å². The molecular formula is C15H33N3. The maximum absolute atomic E-state index is 3.65. The van der Waals surface area contributed by atoms with E-state index in [4.69, 9.17) is 0 Å². The molecule has 18 heavy (non-hydrogen) atoms. The monoisotopic (exact) mass is 255 g/mol. The zero-order valence-corrected chi connectivity index (χ0v) is 13.1. The molecule has 0 spiro atoms. The first-order chi connectivity index (χ1) is 8.43. The van der Waals surface area contributed by atoms with Crippen LogP contribution in [0.15, 0.2) is 0 Å². The van der Waals surface area contributed by atoms with Gasteiger partial charge in [0.05, 0.1) is 0 Å². The molecule has 0 bridgehead atoms. The Labute approximate surface area is 114 Å². The van der Waals surface area contributed by atoms with E-state index in [2.05, 4.69) is 50.0 Å². The highest BCUT2D eigenvalue weighted by Gasteiger charge is 2.20. The van der Waals surface area contributed by atoms with Crippen molar-refractivity contribution < 1.29 is 0 Å². The number of hydrogen-bond acceptors (Lipinski definition) is 3. The lowest BCUT2D eigenvalue weighted by atomic mass is 9.96. The van der Waals surface area contributed by atoms with Crippen LogP contribution in [0.25, 0.3) is 0 Å². The van der Waals surface area contributed by atoms with Crippen LogP contribution in [0.5, 0.6) is 0 Å². The van der Waals surface area contributed by atoms with Crippen molar-refractivity contribution in [1.82, 2.24) is 15.1 Å². The Kier molecular flexibility index (Phi) is 6.61. The molecule has 0 unspecified atom stereocenters. The van der Waals surface area contributed by atoms with Crippen molar-refractivity contribution >= 4 is 0 Å². The summed E-state index contributed by atoms with van der Waals surface area (Å²) in [5, 5.41) is 3.65. The fourth-order valence-electron chi connectivity index (χ4n) is 2.59. The number of hydrogen-bond donors (Lipinski definition) is 1. The lowest BCUT2D eigenvalue weighted by molar-refractivity contribution is 0.159. The molecule has 1 aliphatic rings. The topological polar surface area (TPSA) is 18.5 Å². The zero-order valence-electron chi connectivity index (χ0n) is 13.1. The molecule has 0 aromatic carbocycles. The first-order valence-electron chi connectivity index (χ1n) is 7.55. The highest BCUT2D eigenvalue weighted by Crippen LogP contribution is 2.17. The fourth-order valence-corrected chi connectivity index (χ4v) is 2.59. The predicted molar refractivity (Wildman–Crippen MR) is 80.1 cm³/mol. The van der Waals surface area contributed by atoms with Gasteiger partial charge in [0.1, 0.15) is 0 Å². The van der Waals surface area contributed by atoms with E-state index in [1.807, 2.05) is 0 Å². The third-order valence-corrected chi connectivity index (χ3v) is 4.25. The van der Waals surface area contributed by atoms with Gasteiger partial charge in [-0.25, -0.2) is 0 Å². The van der Waals surface area contributed by atoms with Crippen molar-refractivity contribution in [3.05, 3.63) is 0 Å². The minimum absolute atomic E-state index is 0.295. The molecule has 0 amide bonds. The van der Waals surface area contributed by atoms with Gasteiger partial charge in [-0.05, 0) is 66.2 Å². The van der Waals surface area contributed by atoms with Crippen molar-refractivity contribution in [2.75, 3.05) is 46.8 Å². The molecule has 0 saturated carbocycles. The molecule has 108 valence electrons. The van der Waals surface area contributed by atoms with Gasteiger partial charge in [0.25, 0.3) is 0 Å². The van der Waals surface area contributed by atoms with Gasteiger partial charge in [0, 0.05) is 25.2 Å². The minimum Gasteiger partial charge on any atom is -0.311 e. The lowest BCUT2D eigenvalue weighted by Gasteiger charge is -2.34. The van der Waals surface area contributed by atoms with Gasteiger partial charge in [-0.3, -0.25) is 0 Å². The number of likely N-dealkylation sites (tertiary alicyclic amines) is 1. The van der Waals surface area contributed by atoms with Crippen LogP contribution in [0.2, 0.25) is 0 Å². The van der Waals surface area contributed by atoms with E-state index in [0.29, 0.717) is 5.54 Å². The Bertz CT molecular complexity index is 218. The van der Waals surface area contributed by atoms with Crippen LogP contribution < -0.4 is 5.32 Å². The fraction of sp³-hybridized carbons (Fsp3) is 1.00. The zero-order chi connectivity index (χ0) is 13.6. The molecule has 0 aromatic heterocycles. The molecule has 1 saturated heterocycles. The van der Waals surface area contributed by atoms with E-state index in [1.165, 1.54) is 45.4 Å². The van der Waals surface area contributed by atoms with Crippen LogP contribution >= 0.6 is 0 Å². The third kappa shape index (κ3) is 6.17. The number of piperidine rings is 1. The number of nitrogens with zero attached hydrogens (tertiary/aromatic N) is 2. The summed E-state index contributed by atoms with van der Waals surface area (Å²) in [5.41, 5.74) is 0.295. The van der Waals surface area contributed by atoms with Crippen LogP contribution in [0, 0.1) is 5.92 Å². The maximum atomic E-state index is 3.65.